The molecule has 0 unspecified atom stereocenters. The van der Waals surface area contributed by atoms with E-state index >= 15 is 0 Å². The number of para-hydroxylation sites is 2. The molecule has 6 heteroatoms. The Labute approximate surface area is 175 Å². The molecule has 0 aromatic heterocycles. The van der Waals surface area contributed by atoms with Crippen molar-refractivity contribution in [2.45, 2.75) is 26.4 Å². The third-order valence-electron chi connectivity index (χ3n) is 5.50. The third kappa shape index (κ3) is 4.03. The summed E-state index contributed by atoms with van der Waals surface area (Å²) in [4.78, 5) is 25.7. The fourth-order valence-electron chi connectivity index (χ4n) is 3.92. The number of rotatable bonds is 6. The zero-order valence-corrected chi connectivity index (χ0v) is 16.8. The van der Waals surface area contributed by atoms with Crippen LogP contribution in [0.3, 0.4) is 0 Å². The van der Waals surface area contributed by atoms with Gasteiger partial charge >= 0.3 is 0 Å². The van der Waals surface area contributed by atoms with E-state index in [0.717, 1.165) is 25.1 Å². The number of nitro groups is 1. The highest BCUT2D eigenvalue weighted by Crippen LogP contribution is 2.29. The smallest absolute Gasteiger partial charge is 0.285 e. The fraction of sp³-hybridized carbons (Fsp3) is 0.208. The predicted molar refractivity (Wildman–Crippen MR) is 117 cm³/mol. The van der Waals surface area contributed by atoms with Crippen LogP contribution in [0.1, 0.15) is 32.6 Å². The minimum Gasteiger partial charge on any atom is -0.367 e. The van der Waals surface area contributed by atoms with Crippen LogP contribution >= 0.6 is 0 Å². The van der Waals surface area contributed by atoms with Crippen molar-refractivity contribution < 1.29 is 9.72 Å². The molecule has 0 spiro atoms. The lowest BCUT2D eigenvalue weighted by atomic mass is 10.1. The van der Waals surface area contributed by atoms with E-state index in [9.17, 15) is 14.9 Å². The lowest BCUT2D eigenvalue weighted by Gasteiger charge is -2.19. The minimum absolute atomic E-state index is 0.0873. The van der Waals surface area contributed by atoms with Crippen LogP contribution < -0.4 is 10.2 Å². The van der Waals surface area contributed by atoms with Gasteiger partial charge in [0.2, 0.25) is 0 Å². The zero-order valence-electron chi connectivity index (χ0n) is 16.8. The second-order valence-corrected chi connectivity index (χ2v) is 7.53. The molecule has 1 aliphatic heterocycles. The van der Waals surface area contributed by atoms with Crippen molar-refractivity contribution in [2.75, 3.05) is 11.4 Å². The molecule has 4 rings (SSSR count). The summed E-state index contributed by atoms with van der Waals surface area (Å²) in [6.45, 7) is 3.81. The number of nitrogens with one attached hydrogen (secondary N) is 1. The Bertz CT molecular complexity index is 1090. The molecule has 1 heterocycles. The molecule has 0 bridgehead atoms. The highest BCUT2D eigenvalue weighted by atomic mass is 16.6. The summed E-state index contributed by atoms with van der Waals surface area (Å²) in [7, 11) is 0. The lowest BCUT2D eigenvalue weighted by molar-refractivity contribution is -0.385. The van der Waals surface area contributed by atoms with E-state index in [4.69, 9.17) is 0 Å². The van der Waals surface area contributed by atoms with Gasteiger partial charge in [0.05, 0.1) is 4.92 Å². The van der Waals surface area contributed by atoms with E-state index in [1.165, 1.54) is 22.9 Å². The van der Waals surface area contributed by atoms with Crippen LogP contribution in [0.15, 0.2) is 66.7 Å². The summed E-state index contributed by atoms with van der Waals surface area (Å²) in [6.07, 6.45) is 1.07. The van der Waals surface area contributed by atoms with Crippen LogP contribution in [0.25, 0.3) is 0 Å². The first kappa shape index (κ1) is 19.6. The number of aryl methyl sites for hydroxylation is 1. The molecule has 3 aromatic carbocycles. The van der Waals surface area contributed by atoms with Crippen LogP contribution in [-0.4, -0.2) is 17.4 Å². The maximum Gasteiger partial charge on any atom is 0.285 e. The summed E-state index contributed by atoms with van der Waals surface area (Å²) < 4.78 is 0. The summed E-state index contributed by atoms with van der Waals surface area (Å²) in [6, 6.07) is 21.4. The van der Waals surface area contributed by atoms with E-state index in [1.54, 1.807) is 19.1 Å². The number of hydrogen-bond donors (Lipinski definition) is 1. The number of amides is 1. The maximum atomic E-state index is 12.5. The van der Waals surface area contributed by atoms with Crippen molar-refractivity contribution in [3.8, 4) is 0 Å². The maximum absolute atomic E-state index is 12.5. The van der Waals surface area contributed by atoms with E-state index in [2.05, 4.69) is 46.6 Å². The average molecular weight is 401 g/mol. The second kappa shape index (κ2) is 8.37. The van der Waals surface area contributed by atoms with Gasteiger partial charge in [-0.15, -0.1) is 0 Å². The molecule has 0 aliphatic carbocycles. The van der Waals surface area contributed by atoms with Crippen molar-refractivity contribution in [2.24, 2.45) is 0 Å². The van der Waals surface area contributed by atoms with E-state index in [0.29, 0.717) is 12.1 Å². The first-order chi connectivity index (χ1) is 14.5. The van der Waals surface area contributed by atoms with Crippen LogP contribution in [0.5, 0.6) is 0 Å². The Kier molecular flexibility index (Phi) is 5.48. The quantitative estimate of drug-likeness (QED) is 0.491. The molecular weight excluding hydrogens is 378 g/mol. The first-order valence-electron chi connectivity index (χ1n) is 9.96. The van der Waals surface area contributed by atoms with E-state index < -0.39 is 10.8 Å². The van der Waals surface area contributed by atoms with Crippen molar-refractivity contribution in [3.05, 3.63) is 105 Å². The zero-order chi connectivity index (χ0) is 21.1. The van der Waals surface area contributed by atoms with Crippen LogP contribution in [-0.2, 0) is 19.5 Å². The highest BCUT2D eigenvalue weighted by molar-refractivity contribution is 5.98. The van der Waals surface area contributed by atoms with Gasteiger partial charge in [-0.2, -0.15) is 0 Å². The molecule has 30 heavy (non-hydrogen) atoms. The van der Waals surface area contributed by atoms with Gasteiger partial charge in [-0.25, -0.2) is 0 Å². The molecule has 152 valence electrons. The summed E-state index contributed by atoms with van der Waals surface area (Å²) >= 11 is 0. The molecular formula is C24H23N3O3. The Morgan fingerprint density at radius 1 is 1.03 bits per heavy atom. The van der Waals surface area contributed by atoms with Gasteiger partial charge in [-0.1, -0.05) is 54.6 Å². The van der Waals surface area contributed by atoms with Crippen LogP contribution in [0, 0.1) is 17.0 Å². The number of fused-ring (bicyclic) bond motifs is 1. The van der Waals surface area contributed by atoms with Gasteiger partial charge in [0.1, 0.15) is 5.56 Å². The van der Waals surface area contributed by atoms with Gasteiger partial charge in [-0.3, -0.25) is 14.9 Å². The molecule has 1 amide bonds. The molecule has 1 aliphatic rings. The molecule has 0 radical (unpaired) electrons. The fourth-order valence-corrected chi connectivity index (χ4v) is 3.92. The molecule has 0 fully saturated rings. The Morgan fingerprint density at radius 3 is 2.53 bits per heavy atom. The minimum atomic E-state index is -0.504. The predicted octanol–water partition coefficient (Wildman–Crippen LogP) is 4.40. The van der Waals surface area contributed by atoms with Gasteiger partial charge in [0.15, 0.2) is 0 Å². The molecule has 0 saturated carbocycles. The summed E-state index contributed by atoms with van der Waals surface area (Å²) in [5, 5.41) is 14.1. The van der Waals surface area contributed by atoms with Gasteiger partial charge < -0.3 is 10.2 Å². The van der Waals surface area contributed by atoms with E-state index in [1.807, 2.05) is 12.1 Å². The highest BCUT2D eigenvalue weighted by Gasteiger charge is 2.22. The topological polar surface area (TPSA) is 75.5 Å². The first-order valence-corrected chi connectivity index (χ1v) is 9.96. The number of nitro benzene ring substituents is 1. The van der Waals surface area contributed by atoms with E-state index in [-0.39, 0.29) is 11.3 Å². The molecule has 0 atom stereocenters. The largest absolute Gasteiger partial charge is 0.367 e. The lowest BCUT2D eigenvalue weighted by Crippen LogP contribution is -2.24. The number of nitrogens with zero attached hydrogens (tertiary/aromatic N) is 2. The molecule has 0 saturated heterocycles. The van der Waals surface area contributed by atoms with Crippen LogP contribution in [0.2, 0.25) is 0 Å². The molecule has 6 nitrogen and oxygen atoms in total. The standard InChI is InChI=1S/C24H23N3O3/c1-17-5-4-7-21(23(17)27(29)30)24(28)25-15-18-9-11-19(12-10-18)16-26-14-13-20-6-2-3-8-22(20)26/h2-12H,13-16H2,1H3,(H,25,28). The van der Waals surface area contributed by atoms with Crippen LogP contribution in [0.4, 0.5) is 11.4 Å². The number of benzene rings is 3. The summed E-state index contributed by atoms with van der Waals surface area (Å²) in [5.41, 5.74) is 5.26. The Hall–Kier alpha value is -3.67. The number of carbonyl (C=O) groups excluding carboxylic acids is 1. The van der Waals surface area contributed by atoms with Gasteiger partial charge in [0, 0.05) is 30.9 Å². The van der Waals surface area contributed by atoms with Gasteiger partial charge in [-0.05, 0) is 42.2 Å². The normalized spacial score (nSPS) is 12.5. The molecule has 1 N–H and O–H groups in total. The summed E-state index contributed by atoms with van der Waals surface area (Å²) in [5.74, 6) is -0.442. The number of anilines is 1. The number of carbonyl (C=O) groups is 1. The second-order valence-electron chi connectivity index (χ2n) is 7.53. The number of hydrogen-bond acceptors (Lipinski definition) is 4. The third-order valence-corrected chi connectivity index (χ3v) is 5.50. The van der Waals surface area contributed by atoms with Crippen molar-refractivity contribution >= 4 is 17.3 Å². The van der Waals surface area contributed by atoms with Gasteiger partial charge in [0.25, 0.3) is 11.6 Å². The van der Waals surface area contributed by atoms with Crippen molar-refractivity contribution in [3.63, 3.8) is 0 Å². The van der Waals surface area contributed by atoms with Crippen molar-refractivity contribution in [1.29, 1.82) is 0 Å². The molecule has 3 aromatic rings. The Morgan fingerprint density at radius 2 is 1.77 bits per heavy atom. The van der Waals surface area contributed by atoms with Crippen molar-refractivity contribution in [1.82, 2.24) is 5.32 Å². The SMILES string of the molecule is Cc1cccc(C(=O)NCc2ccc(CN3CCc4ccccc43)cc2)c1[N+](=O)[O-]. The monoisotopic (exact) mass is 401 g/mol. The Balaban J connectivity index is 1.39. The average Bonchev–Trinajstić information content (AvgIpc) is 3.15.